The number of ether oxygens (including phenoxy) is 2. The van der Waals surface area contributed by atoms with Crippen molar-refractivity contribution in [2.24, 2.45) is 0 Å². The fourth-order valence-corrected chi connectivity index (χ4v) is 3.62. The van der Waals surface area contributed by atoms with E-state index in [-0.39, 0.29) is 22.7 Å². The van der Waals surface area contributed by atoms with Crippen LogP contribution in [0.15, 0.2) is 90.0 Å². The third-order valence-electron chi connectivity index (χ3n) is 4.15. The van der Waals surface area contributed by atoms with E-state index >= 15 is 0 Å². The Labute approximate surface area is 179 Å². The number of methoxy groups -OCH3 is 1. The summed E-state index contributed by atoms with van der Waals surface area (Å²) in [5.74, 6) is 0.784. The van der Waals surface area contributed by atoms with Crippen LogP contribution in [0.3, 0.4) is 0 Å². The van der Waals surface area contributed by atoms with Gasteiger partial charge in [0.05, 0.1) is 12.8 Å². The predicted octanol–water partition coefficient (Wildman–Crippen LogP) is 4.14. The number of anilines is 1. The molecule has 0 radical (unpaired) electrons. The summed E-state index contributed by atoms with van der Waals surface area (Å²) in [6, 6.07) is 24.5. The van der Waals surface area contributed by atoms with Crippen molar-refractivity contribution in [1.29, 1.82) is 0 Å². The van der Waals surface area contributed by atoms with E-state index in [1.165, 1.54) is 19.2 Å². The second kappa shape index (κ2) is 8.80. The molecule has 0 spiro atoms. The molecule has 0 fully saturated rings. The van der Waals surface area contributed by atoms with Gasteiger partial charge in [0.15, 0.2) is 5.03 Å². The molecule has 156 valence electrons. The van der Waals surface area contributed by atoms with Gasteiger partial charge in [-0.1, -0.05) is 54.6 Å². The van der Waals surface area contributed by atoms with Gasteiger partial charge in [0.25, 0.3) is 10.0 Å². The summed E-state index contributed by atoms with van der Waals surface area (Å²) in [6.45, 7) is 0. The topological polar surface area (TPSA) is 103 Å². The first-order chi connectivity index (χ1) is 15.0. The number of sulfonamides is 1. The van der Waals surface area contributed by atoms with E-state index < -0.39 is 10.0 Å². The van der Waals surface area contributed by atoms with Crippen LogP contribution in [0.1, 0.15) is 0 Å². The van der Waals surface area contributed by atoms with Gasteiger partial charge in [-0.05, 0) is 18.2 Å². The Kier molecular flexibility index (Phi) is 5.76. The van der Waals surface area contributed by atoms with Crippen LogP contribution in [0.4, 0.5) is 5.95 Å². The van der Waals surface area contributed by atoms with E-state index in [9.17, 15) is 8.42 Å². The summed E-state index contributed by atoms with van der Waals surface area (Å²) in [7, 11) is -2.65. The molecule has 0 bridgehead atoms. The molecule has 2 heterocycles. The van der Waals surface area contributed by atoms with Crippen molar-refractivity contribution in [1.82, 2.24) is 15.0 Å². The van der Waals surface area contributed by atoms with Crippen molar-refractivity contribution >= 4 is 16.0 Å². The van der Waals surface area contributed by atoms with Gasteiger partial charge in [-0.2, -0.15) is 18.4 Å². The predicted molar refractivity (Wildman–Crippen MR) is 116 cm³/mol. The van der Waals surface area contributed by atoms with Crippen molar-refractivity contribution in [3.05, 3.63) is 84.9 Å². The number of pyridine rings is 1. The number of rotatable bonds is 7. The van der Waals surface area contributed by atoms with Crippen molar-refractivity contribution in [2.75, 3.05) is 11.8 Å². The van der Waals surface area contributed by atoms with E-state index in [0.29, 0.717) is 11.4 Å². The van der Waals surface area contributed by atoms with Crippen molar-refractivity contribution < 1.29 is 17.9 Å². The van der Waals surface area contributed by atoms with E-state index in [4.69, 9.17) is 9.47 Å². The van der Waals surface area contributed by atoms with E-state index in [2.05, 4.69) is 19.7 Å². The molecule has 4 aromatic rings. The third kappa shape index (κ3) is 4.96. The standard InChI is InChI=1S/C22H18N4O4S/c1-29-19-13-8-14-21(24-19)31(27,28)26-22-23-18(16-9-4-2-5-10-16)15-20(25-22)30-17-11-6-3-7-12-17/h2-15H,1H3,(H,23,25,26). The van der Waals surface area contributed by atoms with Crippen molar-refractivity contribution in [2.45, 2.75) is 5.03 Å². The van der Waals surface area contributed by atoms with Crippen LogP contribution in [-0.4, -0.2) is 30.5 Å². The smallest absolute Gasteiger partial charge is 0.281 e. The van der Waals surface area contributed by atoms with Crippen molar-refractivity contribution in [3.8, 4) is 28.8 Å². The minimum atomic E-state index is -4.06. The zero-order chi connectivity index (χ0) is 21.7. The molecular formula is C22H18N4O4S. The first-order valence-electron chi connectivity index (χ1n) is 9.25. The molecule has 8 nitrogen and oxygen atoms in total. The summed E-state index contributed by atoms with van der Waals surface area (Å²) in [4.78, 5) is 12.6. The van der Waals surface area contributed by atoms with E-state index in [0.717, 1.165) is 5.56 Å². The van der Waals surface area contributed by atoms with Gasteiger partial charge in [0, 0.05) is 17.7 Å². The Hall–Kier alpha value is -3.98. The Morgan fingerprint density at radius 1 is 0.774 bits per heavy atom. The molecule has 0 aliphatic heterocycles. The lowest BCUT2D eigenvalue weighted by atomic mass is 10.1. The summed E-state index contributed by atoms with van der Waals surface area (Å²) in [6.07, 6.45) is 0. The molecule has 2 aromatic carbocycles. The quantitative estimate of drug-likeness (QED) is 0.466. The minimum Gasteiger partial charge on any atom is -0.481 e. The molecule has 31 heavy (non-hydrogen) atoms. The van der Waals surface area contributed by atoms with Crippen LogP contribution in [-0.2, 0) is 10.0 Å². The molecule has 0 aliphatic rings. The van der Waals surface area contributed by atoms with Crippen LogP contribution in [0.25, 0.3) is 11.3 Å². The number of aromatic nitrogens is 3. The summed E-state index contributed by atoms with van der Waals surface area (Å²) < 4.78 is 38.9. The van der Waals surface area contributed by atoms with Crippen LogP contribution < -0.4 is 14.2 Å². The van der Waals surface area contributed by atoms with Gasteiger partial charge in [-0.15, -0.1) is 0 Å². The number of hydrogen-bond acceptors (Lipinski definition) is 7. The lowest BCUT2D eigenvalue weighted by Gasteiger charge is -2.11. The lowest BCUT2D eigenvalue weighted by molar-refractivity contribution is 0.394. The van der Waals surface area contributed by atoms with Gasteiger partial charge in [-0.25, -0.2) is 9.71 Å². The second-order valence-corrected chi connectivity index (χ2v) is 7.95. The summed E-state index contributed by atoms with van der Waals surface area (Å²) >= 11 is 0. The van der Waals surface area contributed by atoms with Crippen LogP contribution in [0.5, 0.6) is 17.5 Å². The average Bonchev–Trinajstić information content (AvgIpc) is 2.80. The molecule has 0 saturated heterocycles. The second-order valence-electron chi connectivity index (χ2n) is 6.32. The highest BCUT2D eigenvalue weighted by Gasteiger charge is 2.20. The van der Waals surface area contributed by atoms with Crippen molar-refractivity contribution in [3.63, 3.8) is 0 Å². The fraction of sp³-hybridized carbons (Fsp3) is 0.0455. The van der Waals surface area contributed by atoms with Gasteiger partial charge in [-0.3, -0.25) is 0 Å². The van der Waals surface area contributed by atoms with E-state index in [1.807, 2.05) is 48.5 Å². The summed E-state index contributed by atoms with van der Waals surface area (Å²) in [5.41, 5.74) is 1.28. The number of benzene rings is 2. The Bertz CT molecular complexity index is 1280. The van der Waals surface area contributed by atoms with E-state index in [1.54, 1.807) is 24.3 Å². The average molecular weight is 434 g/mol. The number of hydrogen-bond donors (Lipinski definition) is 1. The largest absolute Gasteiger partial charge is 0.481 e. The molecule has 2 aromatic heterocycles. The van der Waals surface area contributed by atoms with Crippen LogP contribution >= 0.6 is 0 Å². The molecular weight excluding hydrogens is 416 g/mol. The lowest BCUT2D eigenvalue weighted by Crippen LogP contribution is -2.17. The molecule has 0 aliphatic carbocycles. The maximum Gasteiger partial charge on any atom is 0.281 e. The zero-order valence-electron chi connectivity index (χ0n) is 16.5. The first-order valence-corrected chi connectivity index (χ1v) is 10.7. The number of nitrogens with zero attached hydrogens (tertiary/aromatic N) is 3. The van der Waals surface area contributed by atoms with Gasteiger partial charge in [0.2, 0.25) is 17.7 Å². The maximum absolute atomic E-state index is 12.8. The molecule has 0 amide bonds. The zero-order valence-corrected chi connectivity index (χ0v) is 17.3. The SMILES string of the molecule is COc1cccc(S(=O)(=O)Nc2nc(Oc3ccccc3)cc(-c3ccccc3)n2)n1. The fourth-order valence-electron chi connectivity index (χ4n) is 2.72. The maximum atomic E-state index is 12.8. The minimum absolute atomic E-state index is 0.142. The molecule has 0 atom stereocenters. The van der Waals surface area contributed by atoms with Gasteiger partial charge >= 0.3 is 0 Å². The molecule has 9 heteroatoms. The third-order valence-corrected chi connectivity index (χ3v) is 5.38. The van der Waals surface area contributed by atoms with Crippen LogP contribution in [0, 0.1) is 0 Å². The monoisotopic (exact) mass is 434 g/mol. The number of para-hydroxylation sites is 1. The molecule has 1 N–H and O–H groups in total. The first kappa shape index (κ1) is 20.3. The number of nitrogens with one attached hydrogen (secondary N) is 1. The summed E-state index contributed by atoms with van der Waals surface area (Å²) in [5, 5.41) is -0.217. The highest BCUT2D eigenvalue weighted by Crippen LogP contribution is 2.27. The van der Waals surface area contributed by atoms with Gasteiger partial charge < -0.3 is 9.47 Å². The Balaban J connectivity index is 1.72. The Morgan fingerprint density at radius 2 is 1.48 bits per heavy atom. The highest BCUT2D eigenvalue weighted by molar-refractivity contribution is 7.92. The molecule has 0 saturated carbocycles. The highest BCUT2D eigenvalue weighted by atomic mass is 32.2. The van der Waals surface area contributed by atoms with Gasteiger partial charge in [0.1, 0.15) is 5.75 Å². The van der Waals surface area contributed by atoms with Crippen LogP contribution in [0.2, 0.25) is 0 Å². The Morgan fingerprint density at radius 3 is 2.19 bits per heavy atom. The molecule has 4 rings (SSSR count). The molecule has 0 unspecified atom stereocenters. The normalized spacial score (nSPS) is 11.0.